The van der Waals surface area contributed by atoms with Crippen molar-refractivity contribution in [3.05, 3.63) is 47.0 Å². The van der Waals surface area contributed by atoms with Gasteiger partial charge in [0.2, 0.25) is 0 Å². The molecular formula is C15H19N3O2. The minimum atomic E-state index is -0.179. The van der Waals surface area contributed by atoms with E-state index in [4.69, 9.17) is 4.74 Å². The van der Waals surface area contributed by atoms with Crippen LogP contribution in [0.25, 0.3) is 0 Å². The summed E-state index contributed by atoms with van der Waals surface area (Å²) in [6, 6.07) is 5.25. The van der Waals surface area contributed by atoms with Crippen LogP contribution in [0, 0.1) is 13.8 Å². The standard InChI is InChI=1S/C15H19N3O2/c1-9-8-16-14(17-9)11(3)18-15(19)12-6-5-7-13(20-4)10(12)2/h5-8,11H,1-4H3,(H,16,17)(H,18,19)/t11-/m1/s1. The quantitative estimate of drug-likeness (QED) is 0.899. The fourth-order valence-electron chi connectivity index (χ4n) is 2.08. The molecule has 0 aliphatic heterocycles. The van der Waals surface area contributed by atoms with Gasteiger partial charge in [-0.2, -0.15) is 0 Å². The molecule has 1 heterocycles. The SMILES string of the molecule is COc1cccc(C(=O)N[C@H](C)c2ncc(C)[nH]2)c1C. The second-order valence-corrected chi connectivity index (χ2v) is 4.78. The van der Waals surface area contributed by atoms with E-state index in [9.17, 15) is 4.79 Å². The Morgan fingerprint density at radius 3 is 2.75 bits per heavy atom. The molecule has 0 bridgehead atoms. The zero-order chi connectivity index (χ0) is 14.7. The number of benzene rings is 1. The maximum atomic E-state index is 12.3. The monoisotopic (exact) mass is 273 g/mol. The highest BCUT2D eigenvalue weighted by atomic mass is 16.5. The van der Waals surface area contributed by atoms with E-state index in [0.29, 0.717) is 11.3 Å². The molecule has 2 rings (SSSR count). The Bertz CT molecular complexity index is 619. The van der Waals surface area contributed by atoms with Crippen molar-refractivity contribution >= 4 is 5.91 Å². The summed E-state index contributed by atoms with van der Waals surface area (Å²) in [4.78, 5) is 19.7. The van der Waals surface area contributed by atoms with Crippen molar-refractivity contribution in [1.29, 1.82) is 0 Å². The van der Waals surface area contributed by atoms with Crippen LogP contribution in [0.3, 0.4) is 0 Å². The number of imidazole rings is 1. The fraction of sp³-hybridized carbons (Fsp3) is 0.333. The van der Waals surface area contributed by atoms with Crippen molar-refractivity contribution in [3.63, 3.8) is 0 Å². The van der Waals surface area contributed by atoms with Gasteiger partial charge in [-0.25, -0.2) is 4.98 Å². The van der Waals surface area contributed by atoms with E-state index in [1.165, 1.54) is 0 Å². The number of hydrogen-bond donors (Lipinski definition) is 2. The minimum Gasteiger partial charge on any atom is -0.496 e. The maximum Gasteiger partial charge on any atom is 0.252 e. The average Bonchev–Trinajstić information content (AvgIpc) is 2.85. The molecule has 0 radical (unpaired) electrons. The summed E-state index contributed by atoms with van der Waals surface area (Å²) in [5, 5.41) is 2.93. The normalized spacial score (nSPS) is 12.0. The third-order valence-corrected chi connectivity index (χ3v) is 3.23. The molecule has 5 heteroatoms. The number of H-pyrrole nitrogens is 1. The second kappa shape index (κ2) is 5.77. The van der Waals surface area contributed by atoms with Crippen molar-refractivity contribution in [3.8, 4) is 5.75 Å². The van der Waals surface area contributed by atoms with Gasteiger partial charge in [-0.1, -0.05) is 6.07 Å². The van der Waals surface area contributed by atoms with Gasteiger partial charge in [-0.15, -0.1) is 0 Å². The molecule has 0 saturated heterocycles. The van der Waals surface area contributed by atoms with Gasteiger partial charge in [-0.05, 0) is 32.9 Å². The van der Waals surface area contributed by atoms with Crippen molar-refractivity contribution in [2.45, 2.75) is 26.8 Å². The average molecular weight is 273 g/mol. The zero-order valence-corrected chi connectivity index (χ0v) is 12.2. The van der Waals surface area contributed by atoms with E-state index in [1.807, 2.05) is 32.9 Å². The molecule has 1 aromatic heterocycles. The summed E-state index contributed by atoms with van der Waals surface area (Å²) in [6.45, 7) is 5.69. The van der Waals surface area contributed by atoms with Gasteiger partial charge in [0.05, 0.1) is 13.2 Å². The van der Waals surface area contributed by atoms with Gasteiger partial charge in [-0.3, -0.25) is 4.79 Å². The van der Waals surface area contributed by atoms with Crippen LogP contribution >= 0.6 is 0 Å². The summed E-state index contributed by atoms with van der Waals surface area (Å²) in [7, 11) is 1.60. The third-order valence-electron chi connectivity index (χ3n) is 3.23. The van der Waals surface area contributed by atoms with Crippen LogP contribution < -0.4 is 10.1 Å². The van der Waals surface area contributed by atoms with Gasteiger partial charge in [0.15, 0.2) is 0 Å². The highest BCUT2D eigenvalue weighted by Crippen LogP contribution is 2.21. The predicted octanol–water partition coefficient (Wildman–Crippen LogP) is 2.53. The molecule has 2 aromatic rings. The molecule has 0 spiro atoms. The van der Waals surface area contributed by atoms with Crippen LogP contribution in [-0.2, 0) is 0 Å². The number of carbonyl (C=O) groups is 1. The van der Waals surface area contributed by atoms with E-state index in [-0.39, 0.29) is 11.9 Å². The lowest BCUT2D eigenvalue weighted by atomic mass is 10.1. The molecule has 0 fully saturated rings. The van der Waals surface area contributed by atoms with Gasteiger partial charge >= 0.3 is 0 Å². The first kappa shape index (κ1) is 14.1. The van der Waals surface area contributed by atoms with Crippen molar-refractivity contribution in [2.75, 3.05) is 7.11 Å². The van der Waals surface area contributed by atoms with Crippen LogP contribution in [0.4, 0.5) is 0 Å². The first-order valence-electron chi connectivity index (χ1n) is 6.49. The fourth-order valence-corrected chi connectivity index (χ4v) is 2.08. The highest BCUT2D eigenvalue weighted by molar-refractivity contribution is 5.96. The first-order chi connectivity index (χ1) is 9.52. The molecule has 0 unspecified atom stereocenters. The number of aromatic nitrogens is 2. The Hall–Kier alpha value is -2.30. The summed E-state index contributed by atoms with van der Waals surface area (Å²) in [5.74, 6) is 1.32. The summed E-state index contributed by atoms with van der Waals surface area (Å²) < 4.78 is 5.23. The largest absolute Gasteiger partial charge is 0.496 e. The molecule has 20 heavy (non-hydrogen) atoms. The number of methoxy groups -OCH3 is 1. The number of ether oxygens (including phenoxy) is 1. The Morgan fingerprint density at radius 1 is 1.40 bits per heavy atom. The van der Waals surface area contributed by atoms with Crippen molar-refractivity contribution in [1.82, 2.24) is 15.3 Å². The zero-order valence-electron chi connectivity index (χ0n) is 12.2. The van der Waals surface area contributed by atoms with E-state index in [0.717, 1.165) is 17.1 Å². The van der Waals surface area contributed by atoms with Crippen molar-refractivity contribution < 1.29 is 9.53 Å². The highest BCUT2D eigenvalue weighted by Gasteiger charge is 2.16. The van der Waals surface area contributed by atoms with Gasteiger partial charge < -0.3 is 15.0 Å². The van der Waals surface area contributed by atoms with Crippen LogP contribution in [-0.4, -0.2) is 23.0 Å². The Balaban J connectivity index is 2.16. The van der Waals surface area contributed by atoms with E-state index in [2.05, 4.69) is 15.3 Å². The van der Waals surface area contributed by atoms with E-state index >= 15 is 0 Å². The smallest absolute Gasteiger partial charge is 0.252 e. The van der Waals surface area contributed by atoms with Crippen LogP contribution in [0.2, 0.25) is 0 Å². The number of nitrogens with one attached hydrogen (secondary N) is 2. The molecule has 2 N–H and O–H groups in total. The van der Waals surface area contributed by atoms with Crippen LogP contribution in [0.15, 0.2) is 24.4 Å². The van der Waals surface area contributed by atoms with Gasteiger partial charge in [0.1, 0.15) is 11.6 Å². The number of hydrogen-bond acceptors (Lipinski definition) is 3. The molecule has 0 aliphatic rings. The number of aromatic amines is 1. The van der Waals surface area contributed by atoms with Crippen LogP contribution in [0.1, 0.15) is 40.4 Å². The van der Waals surface area contributed by atoms with E-state index in [1.54, 1.807) is 19.4 Å². The van der Waals surface area contributed by atoms with Gasteiger partial charge in [0.25, 0.3) is 5.91 Å². The lowest BCUT2D eigenvalue weighted by Gasteiger charge is -2.14. The molecule has 1 aromatic carbocycles. The van der Waals surface area contributed by atoms with E-state index < -0.39 is 0 Å². The molecule has 1 amide bonds. The number of rotatable bonds is 4. The molecular weight excluding hydrogens is 254 g/mol. The van der Waals surface area contributed by atoms with Crippen molar-refractivity contribution in [2.24, 2.45) is 0 Å². The Morgan fingerprint density at radius 2 is 2.15 bits per heavy atom. The number of amides is 1. The summed E-state index contributed by atoms with van der Waals surface area (Å²) in [6.07, 6.45) is 1.74. The molecule has 0 aliphatic carbocycles. The number of aryl methyl sites for hydroxylation is 1. The minimum absolute atomic E-state index is 0.136. The number of nitrogens with zero attached hydrogens (tertiary/aromatic N) is 1. The Labute approximate surface area is 118 Å². The molecule has 106 valence electrons. The lowest BCUT2D eigenvalue weighted by Crippen LogP contribution is -2.28. The molecule has 0 saturated carbocycles. The topological polar surface area (TPSA) is 67.0 Å². The lowest BCUT2D eigenvalue weighted by molar-refractivity contribution is 0.0937. The third kappa shape index (κ3) is 2.82. The summed E-state index contributed by atoms with van der Waals surface area (Å²) >= 11 is 0. The molecule has 1 atom stereocenters. The molecule has 5 nitrogen and oxygen atoms in total. The Kier molecular flexibility index (Phi) is 4.08. The number of carbonyl (C=O) groups excluding carboxylic acids is 1. The first-order valence-corrected chi connectivity index (χ1v) is 6.49. The summed E-state index contributed by atoms with van der Waals surface area (Å²) in [5.41, 5.74) is 2.41. The van der Waals surface area contributed by atoms with Crippen LogP contribution in [0.5, 0.6) is 5.75 Å². The maximum absolute atomic E-state index is 12.3. The van der Waals surface area contributed by atoms with Gasteiger partial charge in [0, 0.05) is 23.0 Å². The second-order valence-electron chi connectivity index (χ2n) is 4.78. The predicted molar refractivity (Wildman–Crippen MR) is 76.9 cm³/mol.